The summed E-state index contributed by atoms with van der Waals surface area (Å²) in [5, 5.41) is 7.15. The number of carbonyl (C=O) groups excluding carboxylic acids is 1. The Hall–Kier alpha value is -2.51. The van der Waals surface area contributed by atoms with Crippen LogP contribution in [0.25, 0.3) is 0 Å². The molecule has 1 N–H and O–H groups in total. The Bertz CT molecular complexity index is 795. The van der Waals surface area contributed by atoms with Gasteiger partial charge in [-0.25, -0.2) is 4.68 Å². The molecule has 0 bridgehead atoms. The van der Waals surface area contributed by atoms with Crippen molar-refractivity contribution in [3.05, 3.63) is 41.2 Å². The highest BCUT2D eigenvalue weighted by molar-refractivity contribution is 5.95. The molecule has 0 spiro atoms. The van der Waals surface area contributed by atoms with Gasteiger partial charge in [-0.05, 0) is 44.9 Å². The zero-order valence-electron chi connectivity index (χ0n) is 13.9. The van der Waals surface area contributed by atoms with E-state index in [-0.39, 0.29) is 24.3 Å². The van der Waals surface area contributed by atoms with Crippen molar-refractivity contribution < 1.29 is 22.7 Å². The summed E-state index contributed by atoms with van der Waals surface area (Å²) in [5.74, 6) is 0.152. The van der Waals surface area contributed by atoms with E-state index < -0.39 is 11.7 Å². The van der Waals surface area contributed by atoms with Crippen molar-refractivity contribution in [2.24, 2.45) is 5.92 Å². The van der Waals surface area contributed by atoms with Gasteiger partial charge < -0.3 is 10.1 Å². The van der Waals surface area contributed by atoms with Gasteiger partial charge in [0.15, 0.2) is 6.73 Å². The average Bonchev–Trinajstić information content (AvgIpc) is 3.36. The van der Waals surface area contributed by atoms with Crippen LogP contribution in [0.4, 0.5) is 18.9 Å². The summed E-state index contributed by atoms with van der Waals surface area (Å²) >= 11 is 0. The number of benzene rings is 1. The first-order chi connectivity index (χ1) is 11.8. The van der Waals surface area contributed by atoms with Gasteiger partial charge in [-0.1, -0.05) is 6.07 Å². The van der Waals surface area contributed by atoms with Crippen molar-refractivity contribution in [1.82, 2.24) is 9.78 Å². The normalized spacial score (nSPS) is 14.4. The van der Waals surface area contributed by atoms with E-state index in [2.05, 4.69) is 10.4 Å². The number of anilines is 1. The van der Waals surface area contributed by atoms with Crippen molar-refractivity contribution in [2.75, 3.05) is 5.32 Å². The number of alkyl halides is 3. The monoisotopic (exact) mass is 353 g/mol. The number of aromatic nitrogens is 2. The fraction of sp³-hybridized carbons (Fsp3) is 0.412. The van der Waals surface area contributed by atoms with Gasteiger partial charge in [0.2, 0.25) is 5.91 Å². The Morgan fingerprint density at radius 2 is 2.08 bits per heavy atom. The van der Waals surface area contributed by atoms with Crippen molar-refractivity contribution in [3.63, 3.8) is 0 Å². The molecule has 3 rings (SSSR count). The molecule has 134 valence electrons. The van der Waals surface area contributed by atoms with Crippen LogP contribution >= 0.6 is 0 Å². The molecule has 0 saturated heterocycles. The quantitative estimate of drug-likeness (QED) is 0.887. The molecule has 0 radical (unpaired) electrons. The highest BCUT2D eigenvalue weighted by Crippen LogP contribution is 2.32. The molecule has 2 aromatic rings. The summed E-state index contributed by atoms with van der Waals surface area (Å²) in [4.78, 5) is 11.9. The van der Waals surface area contributed by atoms with E-state index in [1.165, 1.54) is 16.8 Å². The lowest BCUT2D eigenvalue weighted by molar-refractivity contribution is -0.137. The molecule has 0 unspecified atom stereocenters. The maximum Gasteiger partial charge on any atom is 0.416 e. The average molecular weight is 353 g/mol. The fourth-order valence-corrected chi connectivity index (χ4v) is 2.47. The maximum atomic E-state index is 12.7. The predicted molar refractivity (Wildman–Crippen MR) is 85.1 cm³/mol. The van der Waals surface area contributed by atoms with E-state index in [0.717, 1.165) is 25.0 Å². The zero-order valence-corrected chi connectivity index (χ0v) is 13.9. The standard InChI is InChI=1S/C17H18F3N3O2/c1-10-15(21-16(24)12-6-7-12)11(2)23(22-10)9-25-14-5-3-4-13(8-14)17(18,19)20/h3-5,8,12H,6-7,9H2,1-2H3,(H,21,24). The van der Waals surface area contributed by atoms with Crippen LogP contribution in [0.15, 0.2) is 24.3 Å². The summed E-state index contributed by atoms with van der Waals surface area (Å²) in [6.07, 6.45) is -2.62. The molecule has 1 amide bonds. The Morgan fingerprint density at radius 1 is 1.36 bits per heavy atom. The second kappa shape index (κ2) is 6.42. The molecule has 1 aromatic heterocycles. The topological polar surface area (TPSA) is 56.1 Å². The van der Waals surface area contributed by atoms with Crippen LogP contribution in [0.1, 0.15) is 29.8 Å². The molecule has 5 nitrogen and oxygen atoms in total. The second-order valence-electron chi connectivity index (χ2n) is 6.11. The van der Waals surface area contributed by atoms with Gasteiger partial charge in [0.25, 0.3) is 0 Å². The van der Waals surface area contributed by atoms with Crippen molar-refractivity contribution in [1.29, 1.82) is 0 Å². The van der Waals surface area contributed by atoms with E-state index in [1.807, 2.05) is 0 Å². The third kappa shape index (κ3) is 3.94. The molecular formula is C17H18F3N3O2. The van der Waals surface area contributed by atoms with Crippen LogP contribution in [0.3, 0.4) is 0 Å². The van der Waals surface area contributed by atoms with Gasteiger partial charge in [-0.15, -0.1) is 0 Å². The molecule has 1 fully saturated rings. The number of rotatable bonds is 5. The lowest BCUT2D eigenvalue weighted by atomic mass is 10.2. The maximum absolute atomic E-state index is 12.7. The predicted octanol–water partition coefficient (Wildman–Crippen LogP) is 3.90. The number of amides is 1. The van der Waals surface area contributed by atoms with Gasteiger partial charge >= 0.3 is 6.18 Å². The van der Waals surface area contributed by atoms with Crippen LogP contribution in [0.2, 0.25) is 0 Å². The minimum absolute atomic E-state index is 0.0236. The minimum atomic E-state index is -4.42. The van der Waals surface area contributed by atoms with E-state index in [1.54, 1.807) is 13.8 Å². The van der Waals surface area contributed by atoms with Crippen LogP contribution in [-0.2, 0) is 17.7 Å². The third-order valence-corrected chi connectivity index (χ3v) is 4.09. The highest BCUT2D eigenvalue weighted by Gasteiger charge is 2.31. The van der Waals surface area contributed by atoms with Crippen molar-refractivity contribution >= 4 is 11.6 Å². The van der Waals surface area contributed by atoms with Gasteiger partial charge in [0.05, 0.1) is 22.6 Å². The molecule has 8 heteroatoms. The molecule has 1 aromatic carbocycles. The SMILES string of the molecule is Cc1nn(COc2cccc(C(F)(F)F)c2)c(C)c1NC(=O)C1CC1. The summed E-state index contributed by atoms with van der Waals surface area (Å²) in [6.45, 7) is 3.49. The molecular weight excluding hydrogens is 335 g/mol. The van der Waals surface area contributed by atoms with E-state index >= 15 is 0 Å². The number of halogens is 3. The first kappa shape index (κ1) is 17.3. The first-order valence-corrected chi connectivity index (χ1v) is 7.90. The molecule has 1 heterocycles. The van der Waals surface area contributed by atoms with Crippen molar-refractivity contribution in [2.45, 2.75) is 39.6 Å². The lowest BCUT2D eigenvalue weighted by Gasteiger charge is -2.11. The fourth-order valence-electron chi connectivity index (χ4n) is 2.47. The van der Waals surface area contributed by atoms with E-state index in [9.17, 15) is 18.0 Å². The number of nitrogens with one attached hydrogen (secondary N) is 1. The third-order valence-electron chi connectivity index (χ3n) is 4.09. The van der Waals surface area contributed by atoms with Crippen molar-refractivity contribution in [3.8, 4) is 5.75 Å². The Morgan fingerprint density at radius 3 is 2.72 bits per heavy atom. The number of aryl methyl sites for hydroxylation is 1. The van der Waals surface area contributed by atoms with Gasteiger partial charge in [-0.2, -0.15) is 18.3 Å². The van der Waals surface area contributed by atoms with Gasteiger partial charge in [0, 0.05) is 5.92 Å². The molecule has 1 aliphatic carbocycles. The molecule has 25 heavy (non-hydrogen) atoms. The number of nitrogens with zero attached hydrogens (tertiary/aromatic N) is 2. The van der Waals surface area contributed by atoms with E-state index in [0.29, 0.717) is 17.1 Å². The molecule has 0 aliphatic heterocycles. The zero-order chi connectivity index (χ0) is 18.2. The Labute approximate surface area is 142 Å². The van der Waals surface area contributed by atoms with Crippen LogP contribution in [0, 0.1) is 19.8 Å². The number of carbonyl (C=O) groups is 1. The van der Waals surface area contributed by atoms with Gasteiger partial charge in [0.1, 0.15) is 5.75 Å². The first-order valence-electron chi connectivity index (χ1n) is 7.90. The second-order valence-corrected chi connectivity index (χ2v) is 6.11. The smallest absolute Gasteiger partial charge is 0.416 e. The van der Waals surface area contributed by atoms with Crippen LogP contribution in [0.5, 0.6) is 5.75 Å². The summed E-state index contributed by atoms with van der Waals surface area (Å²) in [5.41, 5.74) is 1.19. The van der Waals surface area contributed by atoms with Crippen LogP contribution in [-0.4, -0.2) is 15.7 Å². The van der Waals surface area contributed by atoms with Crippen LogP contribution < -0.4 is 10.1 Å². The Balaban J connectivity index is 1.70. The summed E-state index contributed by atoms with van der Waals surface area (Å²) in [7, 11) is 0. The lowest BCUT2D eigenvalue weighted by Crippen LogP contribution is -2.15. The Kier molecular flexibility index (Phi) is 4.45. The summed E-state index contributed by atoms with van der Waals surface area (Å²) < 4.78 is 45.1. The number of hydrogen-bond acceptors (Lipinski definition) is 3. The van der Waals surface area contributed by atoms with Gasteiger partial charge in [-0.3, -0.25) is 4.79 Å². The highest BCUT2D eigenvalue weighted by atomic mass is 19.4. The number of hydrogen-bond donors (Lipinski definition) is 1. The largest absolute Gasteiger partial charge is 0.471 e. The molecule has 0 atom stereocenters. The summed E-state index contributed by atoms with van der Waals surface area (Å²) in [6, 6.07) is 4.68. The molecule has 1 saturated carbocycles. The molecule has 1 aliphatic rings. The number of ether oxygens (including phenoxy) is 1. The van der Waals surface area contributed by atoms with E-state index in [4.69, 9.17) is 4.74 Å². The minimum Gasteiger partial charge on any atom is -0.471 e.